The van der Waals surface area contributed by atoms with Gasteiger partial charge in [0.25, 0.3) is 0 Å². The van der Waals surface area contributed by atoms with Gasteiger partial charge in [-0.15, -0.1) is 0 Å². The van der Waals surface area contributed by atoms with E-state index >= 15 is 0 Å². The maximum absolute atomic E-state index is 12.2. The Morgan fingerprint density at radius 1 is 1.28 bits per heavy atom. The van der Waals surface area contributed by atoms with Crippen molar-refractivity contribution in [3.8, 4) is 0 Å². The summed E-state index contributed by atoms with van der Waals surface area (Å²) in [7, 11) is -0.618. The summed E-state index contributed by atoms with van der Waals surface area (Å²) in [5.74, 6) is -0.722. The van der Waals surface area contributed by atoms with Gasteiger partial charge in [0.1, 0.15) is 0 Å². The Bertz CT molecular complexity index is 643. The van der Waals surface area contributed by atoms with Crippen LogP contribution in [0.3, 0.4) is 0 Å². The number of aldehydes is 1. The lowest BCUT2D eigenvalue weighted by atomic mass is 9.66. The molecule has 2 rings (SSSR count). The first-order valence-electron chi connectivity index (χ1n) is 8.37. The van der Waals surface area contributed by atoms with Crippen molar-refractivity contribution >= 4 is 35.3 Å². The molecule has 1 heterocycles. The van der Waals surface area contributed by atoms with Crippen LogP contribution in [0.2, 0.25) is 0 Å². The minimum absolute atomic E-state index is 0.103. The third-order valence-electron chi connectivity index (χ3n) is 4.88. The van der Waals surface area contributed by atoms with Crippen LogP contribution in [0.1, 0.15) is 62.8 Å². The van der Waals surface area contributed by atoms with E-state index in [1.807, 2.05) is 33.8 Å². The van der Waals surface area contributed by atoms with Crippen LogP contribution >= 0.6 is 15.9 Å². The number of hydrogen-bond donors (Lipinski definition) is 0. The molecule has 25 heavy (non-hydrogen) atoms. The van der Waals surface area contributed by atoms with Crippen LogP contribution in [-0.4, -0.2) is 37.2 Å². The molecule has 0 saturated carbocycles. The normalized spacial score (nSPS) is 19.5. The van der Waals surface area contributed by atoms with Crippen molar-refractivity contribution in [2.24, 2.45) is 0 Å². The highest BCUT2D eigenvalue weighted by Crippen LogP contribution is 2.43. The summed E-state index contributed by atoms with van der Waals surface area (Å²) < 4.78 is 18.1. The summed E-state index contributed by atoms with van der Waals surface area (Å²) >= 11 is 3.48. The Morgan fingerprint density at radius 3 is 2.40 bits per heavy atom. The molecular weight excluding hydrogens is 387 g/mol. The van der Waals surface area contributed by atoms with Crippen LogP contribution in [0.4, 0.5) is 0 Å². The molecule has 0 amide bonds. The first kappa shape index (κ1) is 20.1. The number of halogens is 1. The molecule has 0 aromatic heterocycles. The Labute approximate surface area is 157 Å². The van der Waals surface area contributed by atoms with Crippen LogP contribution in [0.15, 0.2) is 22.7 Å². The van der Waals surface area contributed by atoms with E-state index in [0.29, 0.717) is 16.6 Å². The monoisotopic (exact) mass is 410 g/mol. The van der Waals surface area contributed by atoms with E-state index in [4.69, 9.17) is 14.0 Å². The second kappa shape index (κ2) is 7.60. The third kappa shape index (κ3) is 4.15. The fourth-order valence-electron chi connectivity index (χ4n) is 2.75. The first-order chi connectivity index (χ1) is 11.6. The fraction of sp³-hybridized carbons (Fsp3) is 0.556. The minimum atomic E-state index is -0.618. The van der Waals surface area contributed by atoms with Crippen molar-refractivity contribution in [2.75, 3.05) is 6.61 Å². The maximum atomic E-state index is 12.2. The molecule has 0 N–H and O–H groups in total. The van der Waals surface area contributed by atoms with E-state index in [9.17, 15) is 9.59 Å². The van der Waals surface area contributed by atoms with Gasteiger partial charge < -0.3 is 14.0 Å². The highest BCUT2D eigenvalue weighted by molar-refractivity contribution is 9.10. The van der Waals surface area contributed by atoms with E-state index in [1.165, 1.54) is 0 Å². The zero-order valence-electron chi connectivity index (χ0n) is 15.3. The van der Waals surface area contributed by atoms with Gasteiger partial charge in [-0.2, -0.15) is 0 Å². The van der Waals surface area contributed by atoms with E-state index < -0.39 is 24.1 Å². The zero-order valence-corrected chi connectivity index (χ0v) is 16.9. The number of hydrogen-bond acceptors (Lipinski definition) is 5. The Kier molecular flexibility index (Phi) is 6.12. The lowest BCUT2D eigenvalue weighted by molar-refractivity contribution is -0.143. The van der Waals surface area contributed by atoms with Crippen LogP contribution in [0.25, 0.3) is 0 Å². The van der Waals surface area contributed by atoms with E-state index in [2.05, 4.69) is 15.9 Å². The number of carbonyl (C=O) groups is 2. The molecule has 5 nitrogen and oxygen atoms in total. The van der Waals surface area contributed by atoms with Gasteiger partial charge in [0.15, 0.2) is 6.29 Å². The average molecular weight is 411 g/mol. The predicted octanol–water partition coefficient (Wildman–Crippen LogP) is 3.93. The van der Waals surface area contributed by atoms with Crippen LogP contribution in [0.5, 0.6) is 0 Å². The maximum Gasteiger partial charge on any atom is 0.466 e. The van der Waals surface area contributed by atoms with Gasteiger partial charge in [-0.1, -0.05) is 18.2 Å². The SMILES string of the molecule is CCOC(=O)CC(B1OC(C)(C)C(C)(C)O1)c1cccc(C=O)c1Br. The molecule has 136 valence electrons. The number of carbonyl (C=O) groups excluding carboxylic acids is 2. The topological polar surface area (TPSA) is 61.8 Å². The lowest BCUT2D eigenvalue weighted by Gasteiger charge is -2.32. The number of rotatable bonds is 6. The molecular formula is C18H24BBrO5. The zero-order chi connectivity index (χ0) is 18.8. The van der Waals surface area contributed by atoms with Crippen molar-refractivity contribution < 1.29 is 23.6 Å². The smallest absolute Gasteiger partial charge is 0.466 e. The van der Waals surface area contributed by atoms with Crippen molar-refractivity contribution in [1.82, 2.24) is 0 Å². The van der Waals surface area contributed by atoms with Crippen molar-refractivity contribution in [1.29, 1.82) is 0 Å². The number of esters is 1. The number of ether oxygens (including phenoxy) is 1. The molecule has 0 radical (unpaired) electrons. The average Bonchev–Trinajstić information content (AvgIpc) is 2.74. The van der Waals surface area contributed by atoms with E-state index in [1.54, 1.807) is 19.1 Å². The molecule has 0 aliphatic carbocycles. The minimum Gasteiger partial charge on any atom is -0.466 e. The van der Waals surface area contributed by atoms with E-state index in [-0.39, 0.29) is 12.4 Å². The number of benzene rings is 1. The highest BCUT2D eigenvalue weighted by Gasteiger charge is 2.54. The second-order valence-electron chi connectivity index (χ2n) is 7.11. The second-order valence-corrected chi connectivity index (χ2v) is 7.90. The molecule has 0 spiro atoms. The molecule has 1 aliphatic rings. The van der Waals surface area contributed by atoms with Gasteiger partial charge in [-0.05, 0) is 56.1 Å². The van der Waals surface area contributed by atoms with Crippen molar-refractivity contribution in [2.45, 2.75) is 58.1 Å². The summed E-state index contributed by atoms with van der Waals surface area (Å²) in [5.41, 5.74) is 0.276. The largest absolute Gasteiger partial charge is 0.466 e. The molecule has 1 unspecified atom stereocenters. The third-order valence-corrected chi connectivity index (χ3v) is 5.79. The standard InChI is InChI=1S/C18H24BBrO5/c1-6-23-15(22)10-14(13-9-7-8-12(11-21)16(13)20)19-24-17(2,3)18(4,5)25-19/h7-9,11,14H,6,10H2,1-5H3. The van der Waals surface area contributed by atoms with Gasteiger partial charge in [-0.3, -0.25) is 9.59 Å². The molecule has 1 aromatic carbocycles. The van der Waals surface area contributed by atoms with Gasteiger partial charge in [0, 0.05) is 15.9 Å². The summed E-state index contributed by atoms with van der Waals surface area (Å²) in [6.07, 6.45) is 0.880. The van der Waals surface area contributed by atoms with Crippen LogP contribution in [-0.2, 0) is 18.8 Å². The van der Waals surface area contributed by atoms with Crippen molar-refractivity contribution in [3.63, 3.8) is 0 Å². The summed E-state index contributed by atoms with van der Waals surface area (Å²) in [4.78, 5) is 23.4. The van der Waals surface area contributed by atoms with Gasteiger partial charge in [0.05, 0.1) is 24.2 Å². The Hall–Kier alpha value is -1.18. The van der Waals surface area contributed by atoms with Gasteiger partial charge >= 0.3 is 13.1 Å². The summed E-state index contributed by atoms with van der Waals surface area (Å²) in [5, 5.41) is 0. The molecule has 1 saturated heterocycles. The first-order valence-corrected chi connectivity index (χ1v) is 9.17. The molecule has 7 heteroatoms. The molecule has 1 fully saturated rings. The summed E-state index contributed by atoms with van der Waals surface area (Å²) in [6.45, 7) is 9.93. The molecule has 1 aliphatic heterocycles. The quantitative estimate of drug-likeness (QED) is 0.404. The van der Waals surface area contributed by atoms with Crippen LogP contribution in [0, 0.1) is 0 Å². The van der Waals surface area contributed by atoms with Crippen molar-refractivity contribution in [3.05, 3.63) is 33.8 Å². The molecule has 1 aromatic rings. The highest BCUT2D eigenvalue weighted by atomic mass is 79.9. The van der Waals surface area contributed by atoms with E-state index in [0.717, 1.165) is 11.8 Å². The van der Waals surface area contributed by atoms with Crippen LogP contribution < -0.4 is 0 Å². The van der Waals surface area contributed by atoms with Gasteiger partial charge in [0.2, 0.25) is 0 Å². The summed E-state index contributed by atoms with van der Waals surface area (Å²) in [6, 6.07) is 5.37. The fourth-order valence-corrected chi connectivity index (χ4v) is 3.40. The predicted molar refractivity (Wildman–Crippen MR) is 99.6 cm³/mol. The van der Waals surface area contributed by atoms with Gasteiger partial charge in [-0.25, -0.2) is 0 Å². The Morgan fingerprint density at radius 2 is 1.88 bits per heavy atom. The molecule has 1 atom stereocenters. The molecule has 0 bridgehead atoms. The lowest BCUT2D eigenvalue weighted by Crippen LogP contribution is -2.41. The Balaban J connectivity index is 2.42.